The molecule has 2 N–H and O–H groups in total. The molecular weight excluding hydrogens is 166 g/mol. The van der Waals surface area contributed by atoms with E-state index >= 15 is 0 Å². The van der Waals surface area contributed by atoms with E-state index < -0.39 is 0 Å². The molecule has 1 rings (SSSR count). The summed E-state index contributed by atoms with van der Waals surface area (Å²) in [5.74, 6) is 0.458. The molecule has 0 heterocycles. The molecule has 1 saturated carbocycles. The lowest BCUT2D eigenvalue weighted by molar-refractivity contribution is 0.151. The number of aliphatic hydroxyl groups is 1. The predicted molar refractivity (Wildman–Crippen MR) is 52.7 cm³/mol. The van der Waals surface area contributed by atoms with Gasteiger partial charge in [0.1, 0.15) is 0 Å². The number of nitrogens with one attached hydrogen (secondary N) is 1. The summed E-state index contributed by atoms with van der Waals surface area (Å²) in [5, 5.41) is 12.6. The van der Waals surface area contributed by atoms with Gasteiger partial charge in [0, 0.05) is 25.8 Å². The molecule has 0 aromatic heterocycles. The van der Waals surface area contributed by atoms with Gasteiger partial charge in [0.2, 0.25) is 0 Å². The molecule has 0 bridgehead atoms. The van der Waals surface area contributed by atoms with Crippen LogP contribution in [0.1, 0.15) is 26.2 Å². The molecule has 13 heavy (non-hydrogen) atoms. The summed E-state index contributed by atoms with van der Waals surface area (Å²) < 4.78 is 5.06. The highest BCUT2D eigenvalue weighted by Gasteiger charge is 2.27. The lowest BCUT2D eigenvalue weighted by Gasteiger charge is -2.23. The topological polar surface area (TPSA) is 41.5 Å². The maximum absolute atomic E-state index is 9.11. The number of hydrogen-bond donors (Lipinski definition) is 2. The van der Waals surface area contributed by atoms with Gasteiger partial charge in [0.25, 0.3) is 0 Å². The van der Waals surface area contributed by atoms with Crippen LogP contribution in [0.15, 0.2) is 0 Å². The summed E-state index contributed by atoms with van der Waals surface area (Å²) in [6, 6.07) is 0.886. The highest BCUT2D eigenvalue weighted by Crippen LogP contribution is 2.25. The van der Waals surface area contributed by atoms with Crippen LogP contribution >= 0.6 is 0 Å². The van der Waals surface area contributed by atoms with E-state index in [1.54, 1.807) is 7.11 Å². The number of ether oxygens (including phenoxy) is 1. The Bertz CT molecular complexity index is 141. The van der Waals surface area contributed by atoms with Crippen LogP contribution in [0.2, 0.25) is 0 Å². The molecule has 1 aliphatic carbocycles. The lowest BCUT2D eigenvalue weighted by Crippen LogP contribution is -2.41. The van der Waals surface area contributed by atoms with Crippen LogP contribution in [-0.2, 0) is 4.74 Å². The normalized spacial score (nSPS) is 30.7. The fraction of sp³-hybridized carbons (Fsp3) is 1.00. The maximum Gasteiger partial charge on any atom is 0.0613 e. The molecule has 3 atom stereocenters. The fourth-order valence-electron chi connectivity index (χ4n) is 2.14. The second kappa shape index (κ2) is 5.58. The summed E-state index contributed by atoms with van der Waals surface area (Å²) in [4.78, 5) is 0. The van der Waals surface area contributed by atoms with Crippen LogP contribution in [0, 0.1) is 5.92 Å². The molecule has 0 aromatic rings. The summed E-state index contributed by atoms with van der Waals surface area (Å²) in [7, 11) is 1.72. The predicted octanol–water partition coefficient (Wildman–Crippen LogP) is 0.772. The first kappa shape index (κ1) is 11.0. The minimum atomic E-state index is 0.317. The molecule has 3 nitrogen and oxygen atoms in total. The Morgan fingerprint density at radius 3 is 2.92 bits per heavy atom. The molecule has 1 aliphatic rings. The Hall–Kier alpha value is -0.120. The first-order valence-electron chi connectivity index (χ1n) is 5.13. The number of hydrogen-bond acceptors (Lipinski definition) is 3. The first-order valence-corrected chi connectivity index (χ1v) is 5.13. The van der Waals surface area contributed by atoms with Crippen LogP contribution in [0.4, 0.5) is 0 Å². The number of aliphatic hydroxyl groups excluding tert-OH is 1. The van der Waals surface area contributed by atoms with Crippen molar-refractivity contribution >= 4 is 0 Å². The molecule has 0 aliphatic heterocycles. The molecule has 0 amide bonds. The molecule has 1 fully saturated rings. The van der Waals surface area contributed by atoms with Crippen LogP contribution in [0.3, 0.4) is 0 Å². The van der Waals surface area contributed by atoms with Crippen molar-refractivity contribution in [3.8, 4) is 0 Å². The zero-order chi connectivity index (χ0) is 9.68. The molecule has 0 saturated heterocycles. The van der Waals surface area contributed by atoms with Gasteiger partial charge in [0.05, 0.1) is 6.61 Å². The Labute approximate surface area is 80.5 Å². The monoisotopic (exact) mass is 187 g/mol. The molecule has 3 unspecified atom stereocenters. The van der Waals surface area contributed by atoms with Crippen molar-refractivity contribution < 1.29 is 9.84 Å². The SMILES string of the molecule is COCC(C)NC1CCCC1CO. The number of methoxy groups -OCH3 is 1. The molecular formula is C10H21NO2. The Morgan fingerprint density at radius 1 is 1.54 bits per heavy atom. The molecule has 0 radical (unpaired) electrons. The Kier molecular flexibility index (Phi) is 4.70. The van der Waals surface area contributed by atoms with Crippen LogP contribution in [0.5, 0.6) is 0 Å². The third-order valence-electron chi connectivity index (χ3n) is 2.81. The molecule has 3 heteroatoms. The highest BCUT2D eigenvalue weighted by atomic mass is 16.5. The van der Waals surface area contributed by atoms with E-state index in [2.05, 4.69) is 12.2 Å². The smallest absolute Gasteiger partial charge is 0.0613 e. The van der Waals surface area contributed by atoms with Crippen molar-refractivity contribution in [3.05, 3.63) is 0 Å². The quantitative estimate of drug-likeness (QED) is 0.668. The standard InChI is InChI=1S/C10H21NO2/c1-8(7-13-2)11-10-5-3-4-9(10)6-12/h8-12H,3-7H2,1-2H3. The van der Waals surface area contributed by atoms with Gasteiger partial charge in [-0.15, -0.1) is 0 Å². The Morgan fingerprint density at radius 2 is 2.31 bits per heavy atom. The molecule has 0 spiro atoms. The van der Waals surface area contributed by atoms with E-state index in [0.717, 1.165) is 13.0 Å². The first-order chi connectivity index (χ1) is 6.27. The van der Waals surface area contributed by atoms with Gasteiger partial charge in [-0.2, -0.15) is 0 Å². The van der Waals surface area contributed by atoms with Crippen molar-refractivity contribution in [1.29, 1.82) is 0 Å². The minimum Gasteiger partial charge on any atom is -0.396 e. The lowest BCUT2D eigenvalue weighted by atomic mass is 10.0. The van der Waals surface area contributed by atoms with Gasteiger partial charge in [-0.1, -0.05) is 6.42 Å². The number of rotatable bonds is 5. The van der Waals surface area contributed by atoms with Crippen LogP contribution in [-0.4, -0.2) is 37.5 Å². The summed E-state index contributed by atoms with van der Waals surface area (Å²) in [6.45, 7) is 3.18. The Balaban J connectivity index is 2.26. The van der Waals surface area contributed by atoms with Gasteiger partial charge >= 0.3 is 0 Å². The fourth-order valence-corrected chi connectivity index (χ4v) is 2.14. The average Bonchev–Trinajstić information content (AvgIpc) is 2.52. The minimum absolute atomic E-state index is 0.317. The van der Waals surface area contributed by atoms with E-state index in [1.807, 2.05) is 0 Å². The van der Waals surface area contributed by atoms with Gasteiger partial charge in [0.15, 0.2) is 0 Å². The van der Waals surface area contributed by atoms with Crippen LogP contribution < -0.4 is 5.32 Å². The largest absolute Gasteiger partial charge is 0.396 e. The zero-order valence-electron chi connectivity index (χ0n) is 8.62. The van der Waals surface area contributed by atoms with E-state index in [-0.39, 0.29) is 0 Å². The third kappa shape index (κ3) is 3.25. The second-order valence-corrected chi connectivity index (χ2v) is 4.00. The molecule has 78 valence electrons. The van der Waals surface area contributed by atoms with Crippen molar-refractivity contribution in [1.82, 2.24) is 5.32 Å². The maximum atomic E-state index is 9.11. The molecule has 0 aromatic carbocycles. The second-order valence-electron chi connectivity index (χ2n) is 4.00. The van der Waals surface area contributed by atoms with Gasteiger partial charge in [-0.25, -0.2) is 0 Å². The van der Waals surface area contributed by atoms with Crippen molar-refractivity contribution in [3.63, 3.8) is 0 Å². The van der Waals surface area contributed by atoms with Gasteiger partial charge < -0.3 is 15.2 Å². The van der Waals surface area contributed by atoms with Gasteiger partial charge in [-0.3, -0.25) is 0 Å². The highest BCUT2D eigenvalue weighted by molar-refractivity contribution is 4.84. The summed E-state index contributed by atoms with van der Waals surface area (Å²) >= 11 is 0. The van der Waals surface area contributed by atoms with Crippen molar-refractivity contribution in [2.75, 3.05) is 20.3 Å². The van der Waals surface area contributed by atoms with E-state index in [4.69, 9.17) is 9.84 Å². The summed E-state index contributed by atoms with van der Waals surface area (Å²) in [5.41, 5.74) is 0. The summed E-state index contributed by atoms with van der Waals surface area (Å²) in [6.07, 6.45) is 3.59. The van der Waals surface area contributed by atoms with Crippen LogP contribution in [0.25, 0.3) is 0 Å². The van der Waals surface area contributed by atoms with Crippen molar-refractivity contribution in [2.45, 2.75) is 38.3 Å². The average molecular weight is 187 g/mol. The van der Waals surface area contributed by atoms with E-state index in [9.17, 15) is 0 Å². The van der Waals surface area contributed by atoms with E-state index in [1.165, 1.54) is 12.8 Å². The zero-order valence-corrected chi connectivity index (χ0v) is 8.62. The van der Waals surface area contributed by atoms with Crippen molar-refractivity contribution in [2.24, 2.45) is 5.92 Å². The van der Waals surface area contributed by atoms with E-state index in [0.29, 0.717) is 24.6 Å². The van der Waals surface area contributed by atoms with Gasteiger partial charge in [-0.05, 0) is 25.7 Å². The third-order valence-corrected chi connectivity index (χ3v) is 2.81.